The van der Waals surface area contributed by atoms with E-state index in [-0.39, 0.29) is 11.9 Å². The lowest BCUT2D eigenvalue weighted by atomic mass is 9.97. The Balaban J connectivity index is 1.82. The Bertz CT molecular complexity index is 608. The lowest BCUT2D eigenvalue weighted by Gasteiger charge is -2.33. The van der Waals surface area contributed by atoms with Gasteiger partial charge in [0.25, 0.3) is 0 Å². The molecule has 0 bridgehead atoms. The number of piperidine rings is 1. The minimum absolute atomic E-state index is 0.0133. The summed E-state index contributed by atoms with van der Waals surface area (Å²) in [7, 11) is 4.95. The molecule has 1 aliphatic rings. The second-order valence-corrected chi connectivity index (χ2v) is 6.31. The molecule has 2 rings (SSSR count). The van der Waals surface area contributed by atoms with Crippen molar-refractivity contribution in [1.29, 1.82) is 0 Å². The summed E-state index contributed by atoms with van der Waals surface area (Å²) in [6.45, 7) is 4.48. The summed E-state index contributed by atoms with van der Waals surface area (Å²) < 4.78 is 10.2. The first-order valence-corrected chi connectivity index (χ1v) is 8.76. The lowest BCUT2D eigenvalue weighted by molar-refractivity contribution is -0.146. The van der Waals surface area contributed by atoms with E-state index >= 15 is 0 Å². The number of aliphatic imine (C=N–C) groups is 1. The normalized spacial score (nSPS) is 15.8. The van der Waals surface area contributed by atoms with E-state index in [1.165, 1.54) is 12.7 Å². The number of carbonyl (C=O) groups excluding carboxylic acids is 1. The Morgan fingerprint density at radius 2 is 2.04 bits per heavy atom. The quantitative estimate of drug-likeness (QED) is 0.501. The topological polar surface area (TPSA) is 63.2 Å². The average molecular weight is 347 g/mol. The minimum Gasteiger partial charge on any atom is -0.496 e. The molecule has 0 amide bonds. The highest BCUT2D eigenvalue weighted by Gasteiger charge is 2.26. The van der Waals surface area contributed by atoms with E-state index < -0.39 is 0 Å². The number of esters is 1. The Morgan fingerprint density at radius 3 is 2.64 bits per heavy atom. The van der Waals surface area contributed by atoms with Crippen LogP contribution < -0.4 is 10.1 Å². The molecule has 25 heavy (non-hydrogen) atoms. The highest BCUT2D eigenvalue weighted by atomic mass is 16.5. The first-order chi connectivity index (χ1) is 12.1. The van der Waals surface area contributed by atoms with E-state index in [1.807, 2.05) is 6.92 Å². The van der Waals surface area contributed by atoms with Crippen LogP contribution in [-0.4, -0.2) is 57.7 Å². The maximum atomic E-state index is 11.6. The minimum atomic E-state index is -0.101. The molecule has 1 fully saturated rings. The first kappa shape index (κ1) is 19.1. The van der Waals surface area contributed by atoms with E-state index in [0.29, 0.717) is 0 Å². The van der Waals surface area contributed by atoms with Crippen molar-refractivity contribution in [1.82, 2.24) is 10.2 Å². The smallest absolute Gasteiger partial charge is 0.308 e. The second-order valence-electron chi connectivity index (χ2n) is 6.31. The fourth-order valence-corrected chi connectivity index (χ4v) is 3.16. The Hall–Kier alpha value is -2.24. The van der Waals surface area contributed by atoms with Crippen molar-refractivity contribution < 1.29 is 14.3 Å². The molecule has 0 radical (unpaired) electrons. The maximum absolute atomic E-state index is 11.6. The molecule has 1 heterocycles. The van der Waals surface area contributed by atoms with Gasteiger partial charge in [-0.1, -0.05) is 12.1 Å². The third-order valence-corrected chi connectivity index (χ3v) is 4.71. The average Bonchev–Trinajstić information content (AvgIpc) is 2.66. The summed E-state index contributed by atoms with van der Waals surface area (Å²) in [4.78, 5) is 18.2. The van der Waals surface area contributed by atoms with Gasteiger partial charge in [0.15, 0.2) is 5.96 Å². The number of hydrogen-bond acceptors (Lipinski definition) is 4. The molecule has 0 atom stereocenters. The molecule has 6 heteroatoms. The number of likely N-dealkylation sites (tertiary alicyclic amines) is 1. The molecule has 1 aromatic rings. The van der Waals surface area contributed by atoms with E-state index in [0.717, 1.165) is 56.2 Å². The van der Waals surface area contributed by atoms with Gasteiger partial charge in [-0.25, -0.2) is 0 Å². The van der Waals surface area contributed by atoms with Crippen molar-refractivity contribution in [2.75, 3.05) is 40.9 Å². The van der Waals surface area contributed by atoms with Crippen LogP contribution in [0.3, 0.4) is 0 Å². The molecule has 0 saturated carbocycles. The van der Waals surface area contributed by atoms with E-state index in [4.69, 9.17) is 9.47 Å². The third kappa shape index (κ3) is 5.11. The Morgan fingerprint density at radius 1 is 1.32 bits per heavy atom. The third-order valence-electron chi connectivity index (χ3n) is 4.71. The maximum Gasteiger partial charge on any atom is 0.308 e. The highest BCUT2D eigenvalue weighted by Crippen LogP contribution is 2.20. The monoisotopic (exact) mass is 347 g/mol. The number of ether oxygens (including phenoxy) is 2. The SMILES string of the molecule is CN=C(NCCc1ccc(C)c(OC)c1)N1CCC(C(=O)OC)CC1. The summed E-state index contributed by atoms with van der Waals surface area (Å²) in [6.07, 6.45) is 2.51. The standard InChI is InChI=1S/C19H29N3O3/c1-14-5-6-15(13-17(14)24-3)7-10-21-19(20-2)22-11-8-16(9-12-22)18(23)25-4/h5-6,13,16H,7-12H2,1-4H3,(H,20,21). The van der Waals surface area contributed by atoms with Gasteiger partial charge in [0, 0.05) is 26.7 Å². The number of guanidine groups is 1. The molecule has 0 spiro atoms. The predicted molar refractivity (Wildman–Crippen MR) is 99.1 cm³/mol. The number of hydrogen-bond donors (Lipinski definition) is 1. The number of rotatable bonds is 5. The van der Waals surface area contributed by atoms with Gasteiger partial charge < -0.3 is 19.7 Å². The largest absolute Gasteiger partial charge is 0.496 e. The number of nitrogens with zero attached hydrogens (tertiary/aromatic N) is 2. The van der Waals surface area contributed by atoms with Crippen molar-refractivity contribution in [2.45, 2.75) is 26.2 Å². The van der Waals surface area contributed by atoms with Gasteiger partial charge in [-0.3, -0.25) is 9.79 Å². The van der Waals surface area contributed by atoms with Crippen LogP contribution in [0.1, 0.15) is 24.0 Å². The number of aryl methyl sites for hydroxylation is 1. The number of methoxy groups -OCH3 is 2. The summed E-state index contributed by atoms with van der Waals surface area (Å²) in [5.41, 5.74) is 2.37. The van der Waals surface area contributed by atoms with Crippen molar-refractivity contribution in [3.05, 3.63) is 29.3 Å². The molecule has 1 aromatic carbocycles. The summed E-state index contributed by atoms with van der Waals surface area (Å²) in [5, 5.41) is 3.42. The van der Waals surface area contributed by atoms with Crippen molar-refractivity contribution in [3.63, 3.8) is 0 Å². The molecule has 138 valence electrons. The molecule has 6 nitrogen and oxygen atoms in total. The number of carbonyl (C=O) groups is 1. The fourth-order valence-electron chi connectivity index (χ4n) is 3.16. The molecule has 0 unspecified atom stereocenters. The summed E-state index contributed by atoms with van der Waals surface area (Å²) >= 11 is 0. The predicted octanol–water partition coefficient (Wildman–Crippen LogP) is 2.01. The van der Waals surface area contributed by atoms with Crippen molar-refractivity contribution >= 4 is 11.9 Å². The van der Waals surface area contributed by atoms with Crippen LogP contribution in [0.15, 0.2) is 23.2 Å². The summed E-state index contributed by atoms with van der Waals surface area (Å²) in [5.74, 6) is 1.73. The first-order valence-electron chi connectivity index (χ1n) is 8.76. The second kappa shape index (κ2) is 9.30. The van der Waals surface area contributed by atoms with Gasteiger partial charge in [-0.15, -0.1) is 0 Å². The van der Waals surface area contributed by atoms with Crippen LogP contribution in [0.5, 0.6) is 5.75 Å². The van der Waals surface area contributed by atoms with E-state index in [9.17, 15) is 4.79 Å². The zero-order chi connectivity index (χ0) is 18.2. The van der Waals surface area contributed by atoms with Crippen LogP contribution >= 0.6 is 0 Å². The van der Waals surface area contributed by atoms with E-state index in [2.05, 4.69) is 33.4 Å². The molecule has 1 N–H and O–H groups in total. The zero-order valence-corrected chi connectivity index (χ0v) is 15.7. The Kier molecular flexibility index (Phi) is 7.10. The molecular formula is C19H29N3O3. The Labute approximate surface area is 150 Å². The van der Waals surface area contributed by atoms with Gasteiger partial charge in [0.05, 0.1) is 20.1 Å². The van der Waals surface area contributed by atoms with Crippen LogP contribution in [0, 0.1) is 12.8 Å². The van der Waals surface area contributed by atoms with Gasteiger partial charge in [-0.2, -0.15) is 0 Å². The van der Waals surface area contributed by atoms with E-state index in [1.54, 1.807) is 14.2 Å². The van der Waals surface area contributed by atoms with Gasteiger partial charge in [0.2, 0.25) is 0 Å². The molecule has 1 aliphatic heterocycles. The van der Waals surface area contributed by atoms with Crippen LogP contribution in [0.25, 0.3) is 0 Å². The van der Waals surface area contributed by atoms with Crippen LogP contribution in [0.2, 0.25) is 0 Å². The summed E-state index contributed by atoms with van der Waals surface area (Å²) in [6, 6.07) is 6.30. The fraction of sp³-hybridized carbons (Fsp3) is 0.579. The molecular weight excluding hydrogens is 318 g/mol. The van der Waals surface area contributed by atoms with Crippen molar-refractivity contribution in [2.24, 2.45) is 10.9 Å². The molecule has 0 aromatic heterocycles. The number of nitrogens with one attached hydrogen (secondary N) is 1. The van der Waals surface area contributed by atoms with Gasteiger partial charge in [-0.05, 0) is 43.4 Å². The van der Waals surface area contributed by atoms with Crippen LogP contribution in [0.4, 0.5) is 0 Å². The lowest BCUT2D eigenvalue weighted by Crippen LogP contribution is -2.47. The van der Waals surface area contributed by atoms with Crippen LogP contribution in [-0.2, 0) is 16.0 Å². The van der Waals surface area contributed by atoms with Crippen molar-refractivity contribution in [3.8, 4) is 5.75 Å². The molecule has 1 saturated heterocycles. The van der Waals surface area contributed by atoms with Gasteiger partial charge in [0.1, 0.15) is 5.75 Å². The molecule has 0 aliphatic carbocycles. The zero-order valence-electron chi connectivity index (χ0n) is 15.7. The number of benzene rings is 1. The van der Waals surface area contributed by atoms with Gasteiger partial charge >= 0.3 is 5.97 Å². The highest BCUT2D eigenvalue weighted by molar-refractivity contribution is 5.80.